The lowest BCUT2D eigenvalue weighted by molar-refractivity contribution is 0.474. The van der Waals surface area contributed by atoms with Crippen molar-refractivity contribution in [2.24, 2.45) is 5.41 Å². The van der Waals surface area contributed by atoms with Gasteiger partial charge < -0.3 is 0 Å². The van der Waals surface area contributed by atoms with Crippen LogP contribution in [0.3, 0.4) is 0 Å². The fourth-order valence-corrected chi connectivity index (χ4v) is 2.73. The first kappa shape index (κ1) is 13.1. The topological polar surface area (TPSA) is 0 Å². The minimum atomic E-state index is 0.461. The second-order valence-corrected chi connectivity index (χ2v) is 5.63. The molecule has 0 N–H and O–H groups in total. The Morgan fingerprint density at radius 3 is 2.61 bits per heavy atom. The predicted octanol–water partition coefficient (Wildman–Crippen LogP) is 5.53. The number of benzene rings is 1. The van der Waals surface area contributed by atoms with Crippen LogP contribution in [0.4, 0.5) is 0 Å². The van der Waals surface area contributed by atoms with Crippen molar-refractivity contribution in [2.45, 2.75) is 46.0 Å². The number of rotatable bonds is 6. The molecule has 1 saturated carbocycles. The van der Waals surface area contributed by atoms with Crippen LogP contribution in [0, 0.1) is 12.3 Å². The van der Waals surface area contributed by atoms with Gasteiger partial charge in [-0.25, -0.2) is 0 Å². The van der Waals surface area contributed by atoms with E-state index in [0.29, 0.717) is 5.41 Å². The Hall–Kier alpha value is -1.30. The van der Waals surface area contributed by atoms with Crippen LogP contribution in [-0.4, -0.2) is 0 Å². The molecule has 1 atom stereocenters. The molecular weight excluding hydrogens is 216 g/mol. The summed E-state index contributed by atoms with van der Waals surface area (Å²) in [5.41, 5.74) is 4.76. The van der Waals surface area contributed by atoms with E-state index in [1.54, 1.807) is 5.57 Å². The third-order valence-electron chi connectivity index (χ3n) is 4.05. The molecule has 1 aromatic carbocycles. The zero-order chi connectivity index (χ0) is 13.0. The molecule has 0 heterocycles. The van der Waals surface area contributed by atoms with Gasteiger partial charge in [0.2, 0.25) is 0 Å². The van der Waals surface area contributed by atoms with Gasteiger partial charge in [-0.15, -0.1) is 6.58 Å². The van der Waals surface area contributed by atoms with Gasteiger partial charge >= 0.3 is 0 Å². The number of aryl methyl sites for hydroxylation is 1. The van der Waals surface area contributed by atoms with Crippen LogP contribution in [0.2, 0.25) is 0 Å². The van der Waals surface area contributed by atoms with Crippen molar-refractivity contribution in [2.75, 3.05) is 0 Å². The lowest BCUT2D eigenvalue weighted by Gasteiger charge is -2.11. The maximum absolute atomic E-state index is 3.92. The van der Waals surface area contributed by atoms with Gasteiger partial charge in [0, 0.05) is 0 Å². The first-order valence-electron chi connectivity index (χ1n) is 7.09. The SMILES string of the molecule is C=CC[C@@]1(CCCC)C/C1=C/c1ccc(C)cc1. The fraction of sp³-hybridized carbons (Fsp3) is 0.444. The summed E-state index contributed by atoms with van der Waals surface area (Å²) in [6.45, 7) is 8.33. The highest BCUT2D eigenvalue weighted by Crippen LogP contribution is 2.59. The smallest absolute Gasteiger partial charge is 0.00127 e. The minimum Gasteiger partial charge on any atom is -0.103 e. The second-order valence-electron chi connectivity index (χ2n) is 5.63. The maximum atomic E-state index is 3.92. The van der Waals surface area contributed by atoms with Crippen molar-refractivity contribution in [3.8, 4) is 0 Å². The van der Waals surface area contributed by atoms with E-state index in [4.69, 9.17) is 0 Å². The van der Waals surface area contributed by atoms with Gasteiger partial charge in [0.25, 0.3) is 0 Å². The van der Waals surface area contributed by atoms with Crippen molar-refractivity contribution in [1.82, 2.24) is 0 Å². The zero-order valence-electron chi connectivity index (χ0n) is 11.7. The van der Waals surface area contributed by atoms with Gasteiger partial charge in [-0.1, -0.05) is 67.3 Å². The van der Waals surface area contributed by atoms with Gasteiger partial charge in [-0.05, 0) is 37.2 Å². The van der Waals surface area contributed by atoms with E-state index in [9.17, 15) is 0 Å². The molecule has 18 heavy (non-hydrogen) atoms. The van der Waals surface area contributed by atoms with Gasteiger partial charge in [0.15, 0.2) is 0 Å². The Bertz CT molecular complexity index is 436. The summed E-state index contributed by atoms with van der Waals surface area (Å²) in [5, 5.41) is 0. The summed E-state index contributed by atoms with van der Waals surface area (Å²) in [6, 6.07) is 8.82. The molecule has 2 rings (SSSR count). The molecule has 0 aromatic heterocycles. The second kappa shape index (κ2) is 5.56. The Labute approximate surface area is 111 Å². The summed E-state index contributed by atoms with van der Waals surface area (Å²) < 4.78 is 0. The predicted molar refractivity (Wildman–Crippen MR) is 80.5 cm³/mol. The molecule has 0 radical (unpaired) electrons. The summed E-state index contributed by atoms with van der Waals surface area (Å²) >= 11 is 0. The lowest BCUT2D eigenvalue weighted by atomic mass is 9.93. The Morgan fingerprint density at radius 2 is 2.00 bits per heavy atom. The average Bonchev–Trinajstić information content (AvgIpc) is 3.03. The molecule has 1 fully saturated rings. The van der Waals surface area contributed by atoms with E-state index >= 15 is 0 Å². The van der Waals surface area contributed by atoms with Crippen LogP contribution in [-0.2, 0) is 0 Å². The Morgan fingerprint density at radius 1 is 1.28 bits per heavy atom. The van der Waals surface area contributed by atoms with Crippen LogP contribution >= 0.6 is 0 Å². The summed E-state index contributed by atoms with van der Waals surface area (Å²) in [5.74, 6) is 0. The zero-order valence-corrected chi connectivity index (χ0v) is 11.7. The van der Waals surface area contributed by atoms with Crippen molar-refractivity contribution < 1.29 is 0 Å². The molecule has 0 heteroatoms. The molecule has 0 amide bonds. The van der Waals surface area contributed by atoms with Gasteiger partial charge in [0.1, 0.15) is 0 Å². The van der Waals surface area contributed by atoms with Crippen LogP contribution < -0.4 is 0 Å². The Kier molecular flexibility index (Phi) is 4.06. The fourth-order valence-electron chi connectivity index (χ4n) is 2.73. The molecule has 1 aliphatic rings. The third kappa shape index (κ3) is 2.93. The van der Waals surface area contributed by atoms with Gasteiger partial charge in [-0.3, -0.25) is 0 Å². The van der Waals surface area contributed by atoms with Gasteiger partial charge in [0.05, 0.1) is 0 Å². The van der Waals surface area contributed by atoms with Crippen LogP contribution in [0.5, 0.6) is 0 Å². The minimum absolute atomic E-state index is 0.461. The highest BCUT2D eigenvalue weighted by molar-refractivity contribution is 5.60. The summed E-state index contributed by atoms with van der Waals surface area (Å²) in [4.78, 5) is 0. The average molecular weight is 240 g/mol. The lowest BCUT2D eigenvalue weighted by Crippen LogP contribution is -1.98. The van der Waals surface area contributed by atoms with E-state index in [-0.39, 0.29) is 0 Å². The number of allylic oxidation sites excluding steroid dienone is 2. The molecule has 0 nitrogen and oxygen atoms in total. The van der Waals surface area contributed by atoms with Crippen molar-refractivity contribution in [3.63, 3.8) is 0 Å². The molecule has 0 spiro atoms. The quantitative estimate of drug-likeness (QED) is 0.573. The van der Waals surface area contributed by atoms with Crippen molar-refractivity contribution in [3.05, 3.63) is 53.6 Å². The molecule has 0 aliphatic heterocycles. The van der Waals surface area contributed by atoms with Crippen LogP contribution in [0.1, 0.15) is 50.2 Å². The van der Waals surface area contributed by atoms with E-state index in [1.165, 1.54) is 36.8 Å². The number of hydrogen-bond donors (Lipinski definition) is 0. The van der Waals surface area contributed by atoms with Crippen molar-refractivity contribution >= 4 is 6.08 Å². The number of unbranched alkanes of at least 4 members (excludes halogenated alkanes) is 1. The molecule has 0 saturated heterocycles. The standard InChI is InChI=1S/C18H24/c1-4-6-12-18(11-5-2)14-17(18)13-16-9-7-15(3)8-10-16/h5,7-10,13H,2,4,6,11-12,14H2,1,3H3/b17-13-/t18-/m1/s1. The summed E-state index contributed by atoms with van der Waals surface area (Å²) in [6.07, 6.45) is 10.8. The molecular formula is C18H24. The van der Waals surface area contributed by atoms with E-state index in [0.717, 1.165) is 6.42 Å². The molecule has 1 aliphatic carbocycles. The van der Waals surface area contributed by atoms with Crippen molar-refractivity contribution in [1.29, 1.82) is 0 Å². The molecule has 0 bridgehead atoms. The molecule has 1 aromatic rings. The maximum Gasteiger partial charge on any atom is -0.00127 e. The number of hydrogen-bond acceptors (Lipinski definition) is 0. The van der Waals surface area contributed by atoms with Gasteiger partial charge in [-0.2, -0.15) is 0 Å². The molecule has 96 valence electrons. The first-order chi connectivity index (χ1) is 8.70. The third-order valence-corrected chi connectivity index (χ3v) is 4.05. The highest BCUT2D eigenvalue weighted by atomic mass is 14.5. The monoisotopic (exact) mass is 240 g/mol. The van der Waals surface area contributed by atoms with E-state index in [2.05, 4.69) is 56.8 Å². The van der Waals surface area contributed by atoms with E-state index in [1.807, 2.05) is 0 Å². The highest BCUT2D eigenvalue weighted by Gasteiger charge is 2.46. The largest absolute Gasteiger partial charge is 0.103 e. The first-order valence-corrected chi connectivity index (χ1v) is 7.09. The molecule has 0 unspecified atom stereocenters. The summed E-state index contributed by atoms with van der Waals surface area (Å²) in [7, 11) is 0. The van der Waals surface area contributed by atoms with E-state index < -0.39 is 0 Å². The normalized spacial score (nSPS) is 24.2. The van der Waals surface area contributed by atoms with Crippen LogP contribution in [0.15, 0.2) is 42.5 Å². The van der Waals surface area contributed by atoms with Crippen LogP contribution in [0.25, 0.3) is 6.08 Å². The Balaban J connectivity index is 2.10.